The molecule has 1 aliphatic carbocycles. The van der Waals surface area contributed by atoms with Crippen molar-refractivity contribution in [1.29, 1.82) is 0 Å². The van der Waals surface area contributed by atoms with Crippen molar-refractivity contribution < 1.29 is 0 Å². The van der Waals surface area contributed by atoms with E-state index in [1.807, 2.05) is 7.05 Å². The van der Waals surface area contributed by atoms with Crippen LogP contribution in [0.15, 0.2) is 35.3 Å². The molecule has 0 bridgehead atoms. The minimum absolute atomic E-state index is 0. The third kappa shape index (κ3) is 4.59. The molecule has 0 spiro atoms. The summed E-state index contributed by atoms with van der Waals surface area (Å²) in [7, 11) is 1.90. The van der Waals surface area contributed by atoms with Gasteiger partial charge in [0.05, 0.1) is 0 Å². The fourth-order valence-corrected chi connectivity index (χ4v) is 3.08. The lowest BCUT2D eigenvalue weighted by Crippen LogP contribution is -2.40. The molecule has 116 valence electrons. The molecule has 1 aromatic carbocycles. The number of hydrogen-bond acceptors (Lipinski definition) is 1. The summed E-state index contributed by atoms with van der Waals surface area (Å²) in [4.78, 5) is 6.85. The van der Waals surface area contributed by atoms with Crippen LogP contribution in [0, 0.1) is 5.92 Å². The van der Waals surface area contributed by atoms with E-state index in [0.717, 1.165) is 31.5 Å². The van der Waals surface area contributed by atoms with Crippen LogP contribution in [0.5, 0.6) is 0 Å². The fourth-order valence-electron chi connectivity index (χ4n) is 3.08. The number of rotatable bonds is 4. The molecule has 3 nitrogen and oxygen atoms in total. The molecule has 1 unspecified atom stereocenters. The average Bonchev–Trinajstić information content (AvgIpc) is 3.19. The Kier molecular flexibility index (Phi) is 6.33. The zero-order chi connectivity index (χ0) is 13.8. The number of aliphatic imine (C=N–C) groups is 1. The van der Waals surface area contributed by atoms with Crippen LogP contribution in [0.3, 0.4) is 0 Å². The number of likely N-dealkylation sites (tertiary alicyclic amines) is 1. The molecule has 1 saturated heterocycles. The van der Waals surface area contributed by atoms with Crippen molar-refractivity contribution in [2.24, 2.45) is 10.9 Å². The number of nitrogens with zero attached hydrogens (tertiary/aromatic N) is 2. The van der Waals surface area contributed by atoms with Crippen LogP contribution < -0.4 is 5.32 Å². The Balaban J connectivity index is 0.00000161. The molecule has 0 radical (unpaired) electrons. The second-order valence-corrected chi connectivity index (χ2v) is 6.05. The van der Waals surface area contributed by atoms with Gasteiger partial charge in [-0.2, -0.15) is 0 Å². The second-order valence-electron chi connectivity index (χ2n) is 6.05. The first-order valence-electron chi connectivity index (χ1n) is 7.87. The van der Waals surface area contributed by atoms with Gasteiger partial charge in [-0.15, -0.1) is 24.0 Å². The molecule has 2 aliphatic rings. The average molecular weight is 399 g/mol. The van der Waals surface area contributed by atoms with Gasteiger partial charge in [-0.05, 0) is 24.3 Å². The van der Waals surface area contributed by atoms with E-state index in [9.17, 15) is 0 Å². The standard InChI is InChI=1S/C17H25N3.HI/c1-18-17(19-11-9-14-7-8-14)20-12-10-16(13-20)15-5-3-2-4-6-15;/h2-6,14,16H,7-13H2,1H3,(H,18,19);1H. The van der Waals surface area contributed by atoms with Crippen LogP contribution in [-0.4, -0.2) is 37.5 Å². The predicted octanol–water partition coefficient (Wildman–Crippen LogP) is 3.47. The lowest BCUT2D eigenvalue weighted by Gasteiger charge is -2.21. The Bertz CT molecular complexity index is 456. The van der Waals surface area contributed by atoms with Gasteiger partial charge in [-0.1, -0.05) is 43.2 Å². The van der Waals surface area contributed by atoms with Gasteiger partial charge in [0.1, 0.15) is 0 Å². The summed E-state index contributed by atoms with van der Waals surface area (Å²) in [5.41, 5.74) is 1.46. The molecule has 1 heterocycles. The molecule has 1 N–H and O–H groups in total. The van der Waals surface area contributed by atoms with Crippen LogP contribution >= 0.6 is 24.0 Å². The van der Waals surface area contributed by atoms with Gasteiger partial charge in [0.25, 0.3) is 0 Å². The number of guanidine groups is 1. The maximum atomic E-state index is 4.45. The Morgan fingerprint density at radius 3 is 2.67 bits per heavy atom. The maximum Gasteiger partial charge on any atom is 0.193 e. The highest BCUT2D eigenvalue weighted by atomic mass is 127. The van der Waals surface area contributed by atoms with Gasteiger partial charge in [-0.25, -0.2) is 0 Å². The molecule has 2 fully saturated rings. The normalized spacial score (nSPS) is 22.0. The first-order chi connectivity index (χ1) is 9.86. The molecule has 3 rings (SSSR count). The predicted molar refractivity (Wildman–Crippen MR) is 99.5 cm³/mol. The van der Waals surface area contributed by atoms with Gasteiger partial charge >= 0.3 is 0 Å². The Morgan fingerprint density at radius 1 is 1.24 bits per heavy atom. The van der Waals surface area contributed by atoms with Crippen LogP contribution in [0.25, 0.3) is 0 Å². The van der Waals surface area contributed by atoms with Gasteiger partial charge in [0.2, 0.25) is 0 Å². The third-order valence-electron chi connectivity index (χ3n) is 4.50. The molecule has 21 heavy (non-hydrogen) atoms. The summed E-state index contributed by atoms with van der Waals surface area (Å²) in [6.45, 7) is 3.28. The van der Waals surface area contributed by atoms with Gasteiger partial charge in [0, 0.05) is 32.6 Å². The molecule has 1 atom stereocenters. The molecular weight excluding hydrogens is 373 g/mol. The minimum atomic E-state index is 0. The van der Waals surface area contributed by atoms with E-state index in [4.69, 9.17) is 0 Å². The first kappa shape index (κ1) is 16.6. The van der Waals surface area contributed by atoms with Gasteiger partial charge < -0.3 is 10.2 Å². The molecule has 0 aromatic heterocycles. The summed E-state index contributed by atoms with van der Waals surface area (Å²) in [5, 5.41) is 3.53. The van der Waals surface area contributed by atoms with Crippen molar-refractivity contribution in [3.8, 4) is 0 Å². The lowest BCUT2D eigenvalue weighted by atomic mass is 9.99. The van der Waals surface area contributed by atoms with Crippen LogP contribution in [-0.2, 0) is 0 Å². The van der Waals surface area contributed by atoms with Gasteiger partial charge in [0.15, 0.2) is 5.96 Å². The zero-order valence-electron chi connectivity index (χ0n) is 12.8. The van der Waals surface area contributed by atoms with Crippen LogP contribution in [0.1, 0.15) is 37.2 Å². The van der Waals surface area contributed by atoms with Crippen molar-refractivity contribution in [3.05, 3.63) is 35.9 Å². The van der Waals surface area contributed by atoms with E-state index >= 15 is 0 Å². The van der Waals surface area contributed by atoms with Crippen molar-refractivity contribution >= 4 is 29.9 Å². The number of benzene rings is 1. The van der Waals surface area contributed by atoms with E-state index in [1.165, 1.54) is 31.2 Å². The largest absolute Gasteiger partial charge is 0.356 e. The van der Waals surface area contributed by atoms with Crippen LogP contribution in [0.4, 0.5) is 0 Å². The Morgan fingerprint density at radius 2 is 2.00 bits per heavy atom. The fraction of sp³-hybridized carbons (Fsp3) is 0.588. The monoisotopic (exact) mass is 399 g/mol. The summed E-state index contributed by atoms with van der Waals surface area (Å²) in [5.74, 6) is 2.72. The maximum absolute atomic E-state index is 4.45. The lowest BCUT2D eigenvalue weighted by molar-refractivity contribution is 0.483. The second kappa shape index (κ2) is 8.01. The molecule has 4 heteroatoms. The summed E-state index contributed by atoms with van der Waals surface area (Å²) in [6, 6.07) is 10.9. The van der Waals surface area contributed by atoms with E-state index in [-0.39, 0.29) is 24.0 Å². The highest BCUT2D eigenvalue weighted by Crippen LogP contribution is 2.31. The highest BCUT2D eigenvalue weighted by Gasteiger charge is 2.26. The van der Waals surface area contributed by atoms with E-state index in [0.29, 0.717) is 5.92 Å². The summed E-state index contributed by atoms with van der Waals surface area (Å²) < 4.78 is 0. The minimum Gasteiger partial charge on any atom is -0.356 e. The number of nitrogens with one attached hydrogen (secondary N) is 1. The molecule has 1 aromatic rings. The van der Waals surface area contributed by atoms with Gasteiger partial charge in [-0.3, -0.25) is 4.99 Å². The van der Waals surface area contributed by atoms with Crippen molar-refractivity contribution in [2.45, 2.75) is 31.6 Å². The highest BCUT2D eigenvalue weighted by molar-refractivity contribution is 14.0. The van der Waals surface area contributed by atoms with E-state index in [1.54, 1.807) is 0 Å². The first-order valence-corrected chi connectivity index (χ1v) is 7.87. The Hall–Kier alpha value is -0.780. The smallest absolute Gasteiger partial charge is 0.193 e. The third-order valence-corrected chi connectivity index (χ3v) is 4.50. The van der Waals surface area contributed by atoms with E-state index in [2.05, 4.69) is 45.5 Å². The quantitative estimate of drug-likeness (QED) is 0.477. The van der Waals surface area contributed by atoms with Crippen molar-refractivity contribution in [2.75, 3.05) is 26.7 Å². The summed E-state index contributed by atoms with van der Waals surface area (Å²) >= 11 is 0. The van der Waals surface area contributed by atoms with Crippen LogP contribution in [0.2, 0.25) is 0 Å². The SMILES string of the molecule is CN=C(NCCC1CC1)N1CCC(c2ccccc2)C1.I. The van der Waals surface area contributed by atoms with E-state index < -0.39 is 0 Å². The number of halogens is 1. The Labute approximate surface area is 145 Å². The molecule has 1 saturated carbocycles. The summed E-state index contributed by atoms with van der Waals surface area (Å²) in [6.07, 6.45) is 5.39. The topological polar surface area (TPSA) is 27.6 Å². The van der Waals surface area contributed by atoms with Crippen molar-refractivity contribution in [1.82, 2.24) is 10.2 Å². The molecular formula is C17H26IN3. The zero-order valence-corrected chi connectivity index (χ0v) is 15.1. The molecule has 1 aliphatic heterocycles. The van der Waals surface area contributed by atoms with Crippen molar-refractivity contribution in [3.63, 3.8) is 0 Å². The molecule has 0 amide bonds. The number of hydrogen-bond donors (Lipinski definition) is 1.